The summed E-state index contributed by atoms with van der Waals surface area (Å²) in [6.07, 6.45) is 2.22. The predicted molar refractivity (Wildman–Crippen MR) is 74.0 cm³/mol. The molecular formula is C16H12N2O3. The maximum absolute atomic E-state index is 12.6. The van der Waals surface area contributed by atoms with Gasteiger partial charge in [-0.25, -0.2) is 0 Å². The lowest BCUT2D eigenvalue weighted by molar-refractivity contribution is -0.137. The highest BCUT2D eigenvalue weighted by Gasteiger charge is 2.56. The van der Waals surface area contributed by atoms with Gasteiger partial charge in [0.15, 0.2) is 0 Å². The van der Waals surface area contributed by atoms with Crippen LogP contribution in [0.5, 0.6) is 0 Å². The molecule has 0 saturated heterocycles. The Hall–Kier alpha value is -2.74. The molecule has 0 radical (unpaired) electrons. The number of carbonyl (C=O) groups excluding carboxylic acids is 1. The van der Waals surface area contributed by atoms with Crippen LogP contribution in [0.25, 0.3) is 0 Å². The van der Waals surface area contributed by atoms with E-state index in [0.717, 1.165) is 17.6 Å². The van der Waals surface area contributed by atoms with Crippen molar-refractivity contribution < 1.29 is 14.6 Å². The summed E-state index contributed by atoms with van der Waals surface area (Å²) in [5.74, 6) is -0.758. The van der Waals surface area contributed by atoms with Gasteiger partial charge in [0, 0.05) is 11.3 Å². The molecule has 1 amide bonds. The summed E-state index contributed by atoms with van der Waals surface area (Å²) in [5, 5.41) is 22.1. The standard InChI is InChI=1S/C16H12N2O3/c17-8-10-9-4-3-6-11(9)16(21-14(10)19)12-5-1-2-7-13(12)18-15(16)20/h1-2,5,7,19H,3-4,6H2,(H,18,20)/t16-/m0/s1. The molecule has 1 aliphatic carbocycles. The van der Waals surface area contributed by atoms with Crippen molar-refractivity contribution in [2.75, 3.05) is 5.32 Å². The number of hydrogen-bond donors (Lipinski definition) is 2. The Morgan fingerprint density at radius 3 is 2.95 bits per heavy atom. The summed E-state index contributed by atoms with van der Waals surface area (Å²) in [5.41, 5.74) is 1.80. The Morgan fingerprint density at radius 2 is 2.14 bits per heavy atom. The zero-order valence-electron chi connectivity index (χ0n) is 11.1. The van der Waals surface area contributed by atoms with Crippen LogP contribution in [0.15, 0.2) is 46.9 Å². The molecule has 2 aliphatic heterocycles. The predicted octanol–water partition coefficient (Wildman–Crippen LogP) is 2.64. The molecule has 0 aromatic heterocycles. The van der Waals surface area contributed by atoms with E-state index in [4.69, 9.17) is 4.74 Å². The minimum absolute atomic E-state index is 0.158. The van der Waals surface area contributed by atoms with Crippen molar-refractivity contribution in [1.29, 1.82) is 5.26 Å². The molecule has 1 aromatic rings. The number of aliphatic hydroxyl groups excluding tert-OH is 1. The van der Waals surface area contributed by atoms with Gasteiger partial charge in [-0.1, -0.05) is 18.2 Å². The number of aliphatic hydroxyl groups is 1. The number of hydrogen-bond acceptors (Lipinski definition) is 4. The van der Waals surface area contributed by atoms with E-state index in [0.29, 0.717) is 24.1 Å². The molecule has 2 N–H and O–H groups in total. The van der Waals surface area contributed by atoms with Crippen molar-refractivity contribution in [3.8, 4) is 6.07 Å². The first-order chi connectivity index (χ1) is 10.2. The topological polar surface area (TPSA) is 82.3 Å². The fourth-order valence-electron chi connectivity index (χ4n) is 3.54. The number of benzene rings is 1. The van der Waals surface area contributed by atoms with Gasteiger partial charge in [-0.05, 0) is 36.5 Å². The van der Waals surface area contributed by atoms with Crippen molar-refractivity contribution in [1.82, 2.24) is 0 Å². The summed E-state index contributed by atoms with van der Waals surface area (Å²) in [4.78, 5) is 12.6. The van der Waals surface area contributed by atoms with Crippen LogP contribution in [0.4, 0.5) is 5.69 Å². The number of amides is 1. The Balaban J connectivity index is 2.01. The Kier molecular flexibility index (Phi) is 2.23. The molecule has 1 spiro atoms. The summed E-state index contributed by atoms with van der Waals surface area (Å²) in [7, 11) is 0. The van der Waals surface area contributed by atoms with Gasteiger partial charge in [0.25, 0.3) is 11.9 Å². The van der Waals surface area contributed by atoms with Crippen LogP contribution in [0, 0.1) is 11.3 Å². The molecule has 104 valence electrons. The highest BCUT2D eigenvalue weighted by Crippen LogP contribution is 2.53. The number of carbonyl (C=O) groups is 1. The zero-order valence-corrected chi connectivity index (χ0v) is 11.1. The molecule has 0 saturated carbocycles. The lowest BCUT2D eigenvalue weighted by Gasteiger charge is -2.33. The number of para-hydroxylation sites is 1. The number of rotatable bonds is 0. The lowest BCUT2D eigenvalue weighted by Crippen LogP contribution is -2.41. The molecule has 5 nitrogen and oxygen atoms in total. The number of nitriles is 1. The molecular weight excluding hydrogens is 268 g/mol. The quantitative estimate of drug-likeness (QED) is 0.765. The van der Waals surface area contributed by atoms with Crippen LogP contribution < -0.4 is 5.32 Å². The smallest absolute Gasteiger partial charge is 0.297 e. The number of allylic oxidation sites excluding steroid dienone is 2. The third kappa shape index (κ3) is 1.32. The monoisotopic (exact) mass is 280 g/mol. The van der Waals surface area contributed by atoms with Crippen molar-refractivity contribution in [2.24, 2.45) is 0 Å². The first-order valence-electron chi connectivity index (χ1n) is 6.84. The molecule has 2 heterocycles. The fraction of sp³-hybridized carbons (Fsp3) is 0.250. The van der Waals surface area contributed by atoms with Crippen molar-refractivity contribution in [3.05, 3.63) is 52.5 Å². The molecule has 21 heavy (non-hydrogen) atoms. The summed E-state index contributed by atoms with van der Waals surface area (Å²) in [6.45, 7) is 0. The van der Waals surface area contributed by atoms with E-state index in [1.54, 1.807) is 6.07 Å². The highest BCUT2D eigenvalue weighted by molar-refractivity contribution is 6.08. The fourth-order valence-corrected chi connectivity index (χ4v) is 3.54. The summed E-state index contributed by atoms with van der Waals surface area (Å²) in [6, 6.07) is 9.28. The SMILES string of the molecule is N#CC1=C(O)O[C@@]2(C(=O)Nc3ccccc32)C2=C1CCC2. The van der Waals surface area contributed by atoms with Gasteiger partial charge in [-0.3, -0.25) is 4.79 Å². The van der Waals surface area contributed by atoms with E-state index in [-0.39, 0.29) is 11.5 Å². The number of ether oxygens (including phenoxy) is 1. The van der Waals surface area contributed by atoms with Gasteiger partial charge in [-0.2, -0.15) is 5.26 Å². The van der Waals surface area contributed by atoms with Crippen LogP contribution in [-0.2, 0) is 15.1 Å². The molecule has 5 heteroatoms. The van der Waals surface area contributed by atoms with Gasteiger partial charge in [-0.15, -0.1) is 0 Å². The van der Waals surface area contributed by atoms with Gasteiger partial charge >= 0.3 is 0 Å². The van der Waals surface area contributed by atoms with Crippen molar-refractivity contribution in [2.45, 2.75) is 24.9 Å². The first kappa shape index (κ1) is 12.0. The first-order valence-corrected chi connectivity index (χ1v) is 6.84. The number of nitrogens with zero attached hydrogens (tertiary/aromatic N) is 1. The van der Waals surface area contributed by atoms with E-state index in [1.165, 1.54) is 0 Å². The van der Waals surface area contributed by atoms with Crippen LogP contribution >= 0.6 is 0 Å². The Morgan fingerprint density at radius 1 is 1.33 bits per heavy atom. The summed E-state index contributed by atoms with van der Waals surface area (Å²) >= 11 is 0. The summed E-state index contributed by atoms with van der Waals surface area (Å²) < 4.78 is 5.63. The number of anilines is 1. The van der Waals surface area contributed by atoms with E-state index in [2.05, 4.69) is 5.32 Å². The lowest BCUT2D eigenvalue weighted by atomic mass is 9.82. The van der Waals surface area contributed by atoms with Crippen molar-refractivity contribution >= 4 is 11.6 Å². The normalized spacial score (nSPS) is 26.3. The molecule has 4 rings (SSSR count). The largest absolute Gasteiger partial charge is 0.480 e. The highest BCUT2D eigenvalue weighted by atomic mass is 16.6. The average molecular weight is 280 g/mol. The van der Waals surface area contributed by atoms with Crippen molar-refractivity contribution in [3.63, 3.8) is 0 Å². The van der Waals surface area contributed by atoms with Crippen LogP contribution in [0.1, 0.15) is 24.8 Å². The van der Waals surface area contributed by atoms with E-state index in [9.17, 15) is 15.2 Å². The van der Waals surface area contributed by atoms with E-state index >= 15 is 0 Å². The second kappa shape index (κ2) is 3.89. The average Bonchev–Trinajstić information content (AvgIpc) is 3.05. The maximum atomic E-state index is 12.6. The van der Waals surface area contributed by atoms with E-state index in [1.807, 2.05) is 24.3 Å². The van der Waals surface area contributed by atoms with Crippen LogP contribution in [-0.4, -0.2) is 11.0 Å². The molecule has 3 aliphatic rings. The zero-order chi connectivity index (χ0) is 14.6. The Bertz CT molecular complexity index is 785. The minimum atomic E-state index is -1.31. The molecule has 0 bridgehead atoms. The molecule has 0 unspecified atom stereocenters. The molecule has 0 fully saturated rings. The third-order valence-electron chi connectivity index (χ3n) is 4.39. The third-order valence-corrected chi connectivity index (χ3v) is 4.39. The minimum Gasteiger partial charge on any atom is -0.480 e. The number of nitrogens with one attached hydrogen (secondary N) is 1. The van der Waals surface area contributed by atoms with E-state index < -0.39 is 11.5 Å². The van der Waals surface area contributed by atoms with Crippen LogP contribution in [0.3, 0.4) is 0 Å². The van der Waals surface area contributed by atoms with Gasteiger partial charge < -0.3 is 15.2 Å². The second-order valence-electron chi connectivity index (χ2n) is 5.39. The number of fused-ring (bicyclic) bond motifs is 3. The Labute approximate surface area is 121 Å². The van der Waals surface area contributed by atoms with Crippen LogP contribution in [0.2, 0.25) is 0 Å². The second-order valence-corrected chi connectivity index (χ2v) is 5.39. The maximum Gasteiger partial charge on any atom is 0.297 e. The van der Waals surface area contributed by atoms with Gasteiger partial charge in [0.05, 0.1) is 0 Å². The van der Waals surface area contributed by atoms with Gasteiger partial charge in [0.2, 0.25) is 5.60 Å². The molecule has 1 atom stereocenters. The molecule has 1 aromatic carbocycles. The van der Waals surface area contributed by atoms with Gasteiger partial charge in [0.1, 0.15) is 11.6 Å².